The molecular formula is C36H34N2O7S2. The minimum Gasteiger partial charge on any atom is -0.458 e. The van der Waals surface area contributed by atoms with Crippen molar-refractivity contribution in [3.05, 3.63) is 119 Å². The molecule has 6 rings (SSSR count). The SMILES string of the molecule is O=C(Nc1nc([C@@H](COC(=O)c2ccccc2)OC(=O)c2ccccc2)cs1)/C(=C/C1CCCC1)c1ccc(S(=O)(=O)C2CC2)cc1. The van der Waals surface area contributed by atoms with Crippen LogP contribution in [-0.4, -0.2) is 43.1 Å². The third-order valence-corrected chi connectivity index (χ3v) is 11.3. The smallest absolute Gasteiger partial charge is 0.338 e. The summed E-state index contributed by atoms with van der Waals surface area (Å²) >= 11 is 1.15. The second kappa shape index (κ2) is 14.4. The van der Waals surface area contributed by atoms with Gasteiger partial charge in [0.25, 0.3) is 5.91 Å². The molecule has 2 aliphatic carbocycles. The maximum absolute atomic E-state index is 13.7. The van der Waals surface area contributed by atoms with E-state index in [4.69, 9.17) is 9.47 Å². The Hall–Kier alpha value is -4.61. The molecule has 2 fully saturated rings. The first-order chi connectivity index (χ1) is 22.8. The highest BCUT2D eigenvalue weighted by molar-refractivity contribution is 7.92. The zero-order valence-corrected chi connectivity index (χ0v) is 27.2. The Kier molecular flexibility index (Phi) is 9.93. The van der Waals surface area contributed by atoms with Crippen molar-refractivity contribution in [2.45, 2.75) is 54.8 Å². The Bertz CT molecular complexity index is 1860. The van der Waals surface area contributed by atoms with E-state index in [-0.39, 0.29) is 33.7 Å². The summed E-state index contributed by atoms with van der Waals surface area (Å²) in [4.78, 5) is 44.2. The molecule has 1 heterocycles. The van der Waals surface area contributed by atoms with Gasteiger partial charge in [0.15, 0.2) is 21.1 Å². The third-order valence-electron chi connectivity index (χ3n) is 8.21. The maximum Gasteiger partial charge on any atom is 0.338 e. The molecule has 0 unspecified atom stereocenters. The van der Waals surface area contributed by atoms with E-state index in [1.165, 1.54) is 0 Å². The van der Waals surface area contributed by atoms with E-state index in [0.717, 1.165) is 37.0 Å². The predicted molar refractivity (Wildman–Crippen MR) is 179 cm³/mol. The molecule has 0 saturated heterocycles. The predicted octanol–water partition coefficient (Wildman–Crippen LogP) is 7.05. The molecule has 4 aromatic rings. The topological polar surface area (TPSA) is 129 Å². The first-order valence-corrected chi connectivity index (χ1v) is 18.0. The third kappa shape index (κ3) is 8.04. The second-order valence-electron chi connectivity index (χ2n) is 11.6. The standard InChI is InChI=1S/C36H34N2O7S2/c39-33(30(21-24-9-7-8-10-24)25-15-17-28(18-16-25)47(42,43)29-19-20-29)38-36-37-31(23-46-36)32(45-35(41)27-13-5-2-6-14-27)22-44-34(40)26-11-3-1-4-12-26/h1-6,11-18,21,23-24,29,32H,7-10,19-20,22H2,(H,37,38,39)/b30-21+/t32-/m1/s1. The lowest BCUT2D eigenvalue weighted by Crippen LogP contribution is -2.20. The average Bonchev–Trinajstić information content (AvgIpc) is 3.66. The molecule has 242 valence electrons. The van der Waals surface area contributed by atoms with Crippen LogP contribution in [0.5, 0.6) is 0 Å². The number of rotatable bonds is 12. The summed E-state index contributed by atoms with van der Waals surface area (Å²) < 4.78 is 36.7. The summed E-state index contributed by atoms with van der Waals surface area (Å²) in [6.45, 7) is -0.285. The van der Waals surface area contributed by atoms with Gasteiger partial charge in [-0.25, -0.2) is 23.0 Å². The molecule has 0 spiro atoms. The fourth-order valence-corrected chi connectivity index (χ4v) is 7.88. The molecule has 1 N–H and O–H groups in total. The van der Waals surface area contributed by atoms with Gasteiger partial charge in [0.2, 0.25) is 0 Å². The van der Waals surface area contributed by atoms with Crippen molar-refractivity contribution in [3.8, 4) is 0 Å². The number of esters is 2. The first kappa shape index (κ1) is 32.3. The number of nitrogens with zero attached hydrogens (tertiary/aromatic N) is 1. The van der Waals surface area contributed by atoms with Gasteiger partial charge in [-0.1, -0.05) is 67.4 Å². The van der Waals surface area contributed by atoms with Crippen LogP contribution in [0.25, 0.3) is 5.57 Å². The van der Waals surface area contributed by atoms with Crippen LogP contribution in [0.1, 0.15) is 76.6 Å². The minimum absolute atomic E-state index is 0.235. The molecule has 1 amide bonds. The molecule has 11 heteroatoms. The number of carbonyl (C=O) groups excluding carboxylic acids is 3. The lowest BCUT2D eigenvalue weighted by atomic mass is 9.98. The van der Waals surface area contributed by atoms with Crippen molar-refractivity contribution in [2.75, 3.05) is 11.9 Å². The lowest BCUT2D eigenvalue weighted by molar-refractivity contribution is -0.111. The van der Waals surface area contributed by atoms with Crippen LogP contribution in [0.3, 0.4) is 0 Å². The van der Waals surface area contributed by atoms with E-state index < -0.39 is 27.9 Å². The molecule has 1 atom stereocenters. The van der Waals surface area contributed by atoms with E-state index in [1.807, 2.05) is 6.08 Å². The summed E-state index contributed by atoms with van der Waals surface area (Å²) in [5.74, 6) is -1.34. The fourth-order valence-electron chi connectivity index (χ4n) is 5.47. The lowest BCUT2D eigenvalue weighted by Gasteiger charge is -2.16. The van der Waals surface area contributed by atoms with Gasteiger partial charge in [0.05, 0.1) is 27.0 Å². The molecule has 0 bridgehead atoms. The summed E-state index contributed by atoms with van der Waals surface area (Å²) in [6.07, 6.45) is 6.41. The number of amides is 1. The highest BCUT2D eigenvalue weighted by atomic mass is 32.2. The van der Waals surface area contributed by atoms with Gasteiger partial charge in [-0.2, -0.15) is 0 Å². The number of nitrogens with one attached hydrogen (secondary N) is 1. The zero-order chi connectivity index (χ0) is 32.8. The number of anilines is 1. The van der Waals surface area contributed by atoms with Crippen molar-refractivity contribution >= 4 is 49.7 Å². The Labute approximate surface area is 277 Å². The molecule has 0 radical (unpaired) electrons. The summed E-state index contributed by atoms with van der Waals surface area (Å²) in [5.41, 5.74) is 2.04. The number of allylic oxidation sites excluding steroid dienone is 1. The summed E-state index contributed by atoms with van der Waals surface area (Å²) in [6, 6.07) is 23.4. The molecular weight excluding hydrogens is 637 g/mol. The van der Waals surface area contributed by atoms with E-state index in [9.17, 15) is 22.8 Å². The number of sulfone groups is 1. The van der Waals surface area contributed by atoms with Crippen LogP contribution in [0.4, 0.5) is 5.13 Å². The number of hydrogen-bond donors (Lipinski definition) is 1. The van der Waals surface area contributed by atoms with Gasteiger partial charge < -0.3 is 9.47 Å². The van der Waals surface area contributed by atoms with Crippen LogP contribution in [0, 0.1) is 5.92 Å². The molecule has 3 aromatic carbocycles. The molecule has 1 aromatic heterocycles. The minimum atomic E-state index is -3.35. The molecule has 2 saturated carbocycles. The van der Waals surface area contributed by atoms with E-state index in [0.29, 0.717) is 40.8 Å². The van der Waals surface area contributed by atoms with E-state index >= 15 is 0 Å². The van der Waals surface area contributed by atoms with Crippen molar-refractivity contribution in [3.63, 3.8) is 0 Å². The number of benzene rings is 3. The fraction of sp³-hybridized carbons (Fsp3) is 0.278. The molecule has 2 aliphatic rings. The summed E-state index contributed by atoms with van der Waals surface area (Å²) in [7, 11) is -3.35. The highest BCUT2D eigenvalue weighted by Gasteiger charge is 2.37. The van der Waals surface area contributed by atoms with Crippen LogP contribution in [0.15, 0.2) is 101 Å². The highest BCUT2D eigenvalue weighted by Crippen LogP contribution is 2.35. The number of carbonyl (C=O) groups is 3. The van der Waals surface area contributed by atoms with Gasteiger partial charge in [-0.05, 0) is 73.6 Å². The number of thiazole rings is 1. The van der Waals surface area contributed by atoms with E-state index in [2.05, 4.69) is 10.3 Å². The van der Waals surface area contributed by atoms with Crippen molar-refractivity contribution < 1.29 is 32.3 Å². The first-order valence-electron chi connectivity index (χ1n) is 15.6. The average molecular weight is 671 g/mol. The van der Waals surface area contributed by atoms with Gasteiger partial charge >= 0.3 is 11.9 Å². The summed E-state index contributed by atoms with van der Waals surface area (Å²) in [5, 5.41) is 4.47. The van der Waals surface area contributed by atoms with Crippen LogP contribution in [0.2, 0.25) is 0 Å². The Morgan fingerprint density at radius 2 is 1.45 bits per heavy atom. The van der Waals surface area contributed by atoms with Crippen LogP contribution >= 0.6 is 11.3 Å². The van der Waals surface area contributed by atoms with Gasteiger partial charge in [-0.15, -0.1) is 11.3 Å². The number of ether oxygens (including phenoxy) is 2. The van der Waals surface area contributed by atoms with Crippen molar-refractivity contribution in [2.24, 2.45) is 5.92 Å². The Morgan fingerprint density at radius 3 is 2.06 bits per heavy atom. The Balaban J connectivity index is 1.21. The van der Waals surface area contributed by atoms with Crippen LogP contribution in [-0.2, 0) is 24.1 Å². The second-order valence-corrected chi connectivity index (χ2v) is 14.7. The zero-order valence-electron chi connectivity index (χ0n) is 25.5. The molecule has 0 aliphatic heterocycles. The van der Waals surface area contributed by atoms with E-state index in [1.54, 1.807) is 90.3 Å². The normalized spacial score (nSPS) is 16.0. The quantitative estimate of drug-likeness (QED) is 0.126. The monoisotopic (exact) mass is 670 g/mol. The van der Waals surface area contributed by atoms with Crippen molar-refractivity contribution in [1.29, 1.82) is 0 Å². The van der Waals surface area contributed by atoms with Crippen LogP contribution < -0.4 is 5.32 Å². The van der Waals surface area contributed by atoms with Gasteiger partial charge in [0, 0.05) is 11.0 Å². The van der Waals surface area contributed by atoms with Gasteiger partial charge in [-0.3, -0.25) is 10.1 Å². The largest absolute Gasteiger partial charge is 0.458 e. The Morgan fingerprint density at radius 1 is 0.830 bits per heavy atom. The molecule has 9 nitrogen and oxygen atoms in total. The maximum atomic E-state index is 13.7. The number of aromatic nitrogens is 1. The van der Waals surface area contributed by atoms with Gasteiger partial charge in [0.1, 0.15) is 6.61 Å². The molecule has 47 heavy (non-hydrogen) atoms. The van der Waals surface area contributed by atoms with Crippen molar-refractivity contribution in [1.82, 2.24) is 4.98 Å². The number of hydrogen-bond acceptors (Lipinski definition) is 9.